The number of hydrogen-bond donors (Lipinski definition) is 3. The number of nitrogens with one attached hydrogen (secondary N) is 2. The maximum absolute atomic E-state index is 7.71. The van der Waals surface area contributed by atoms with Crippen LogP contribution in [0.25, 0.3) is 5.57 Å². The fourth-order valence-corrected chi connectivity index (χ4v) is 2.90. The molecule has 0 bridgehead atoms. The molecule has 0 spiro atoms. The van der Waals surface area contributed by atoms with Crippen molar-refractivity contribution < 1.29 is 4.74 Å². The molecular formula is C19H24N6O. The van der Waals surface area contributed by atoms with Crippen LogP contribution in [0.15, 0.2) is 36.7 Å². The topological polar surface area (TPSA) is 100 Å². The Hall–Kier alpha value is -2.93. The second kappa shape index (κ2) is 7.97. The Kier molecular flexibility index (Phi) is 5.48. The number of allylic oxidation sites excluding steroid dienone is 1. The number of hydrogen-bond acceptors (Lipinski definition) is 7. The lowest BCUT2D eigenvalue weighted by atomic mass is 10.2. The summed E-state index contributed by atoms with van der Waals surface area (Å²) in [4.78, 5) is 10.8. The minimum absolute atomic E-state index is 0.401. The lowest BCUT2D eigenvalue weighted by molar-refractivity contribution is 0.405. The third kappa shape index (κ3) is 4.37. The third-order valence-electron chi connectivity index (χ3n) is 4.34. The molecule has 0 saturated carbocycles. The molecule has 1 atom stereocenters. The van der Waals surface area contributed by atoms with Crippen LogP contribution in [0.2, 0.25) is 0 Å². The predicted molar refractivity (Wildman–Crippen MR) is 103 cm³/mol. The number of likely N-dealkylation sites (tertiary alicyclic amines) is 1. The second-order valence-corrected chi connectivity index (χ2v) is 6.46. The molecule has 1 fully saturated rings. The van der Waals surface area contributed by atoms with E-state index in [2.05, 4.69) is 27.2 Å². The van der Waals surface area contributed by atoms with Gasteiger partial charge in [0.05, 0.1) is 11.4 Å². The molecule has 136 valence electrons. The van der Waals surface area contributed by atoms with Crippen LogP contribution in [0.3, 0.4) is 0 Å². The molecule has 1 unspecified atom stereocenters. The van der Waals surface area contributed by atoms with Crippen LogP contribution in [0.4, 0.5) is 5.82 Å². The molecule has 26 heavy (non-hydrogen) atoms. The van der Waals surface area contributed by atoms with Gasteiger partial charge in [-0.1, -0.05) is 0 Å². The number of likely N-dealkylation sites (N-methyl/N-ethyl adjacent to an activating group) is 1. The van der Waals surface area contributed by atoms with Crippen molar-refractivity contribution in [3.63, 3.8) is 0 Å². The summed E-state index contributed by atoms with van der Waals surface area (Å²) in [6, 6.07) is 7.49. The first-order valence-corrected chi connectivity index (χ1v) is 8.58. The molecule has 1 saturated heterocycles. The number of aromatic nitrogens is 2. The number of nitrogens with zero attached hydrogens (tertiary/aromatic N) is 3. The number of anilines is 1. The number of nitrogens with two attached hydrogens (primary N) is 1. The normalized spacial score (nSPS) is 17.9. The van der Waals surface area contributed by atoms with Crippen molar-refractivity contribution >= 4 is 17.6 Å². The van der Waals surface area contributed by atoms with Crippen molar-refractivity contribution in [1.82, 2.24) is 20.2 Å². The van der Waals surface area contributed by atoms with E-state index in [1.807, 2.05) is 19.2 Å². The van der Waals surface area contributed by atoms with Gasteiger partial charge in [0.15, 0.2) is 0 Å². The van der Waals surface area contributed by atoms with E-state index in [4.69, 9.17) is 15.9 Å². The van der Waals surface area contributed by atoms with E-state index in [1.54, 1.807) is 24.4 Å². The van der Waals surface area contributed by atoms with Crippen molar-refractivity contribution in [3.05, 3.63) is 48.1 Å². The van der Waals surface area contributed by atoms with E-state index in [0.29, 0.717) is 34.6 Å². The van der Waals surface area contributed by atoms with Gasteiger partial charge in [0.25, 0.3) is 0 Å². The van der Waals surface area contributed by atoms with Gasteiger partial charge in [0.2, 0.25) is 0 Å². The molecule has 7 heteroatoms. The summed E-state index contributed by atoms with van der Waals surface area (Å²) in [5.41, 5.74) is 7.78. The molecule has 0 aromatic carbocycles. The maximum Gasteiger partial charge on any atom is 0.148 e. The summed E-state index contributed by atoms with van der Waals surface area (Å²) >= 11 is 0. The Morgan fingerprint density at radius 3 is 2.96 bits per heavy atom. The van der Waals surface area contributed by atoms with Crippen LogP contribution in [0, 0.1) is 12.3 Å². The number of rotatable bonds is 6. The quantitative estimate of drug-likeness (QED) is 0.691. The summed E-state index contributed by atoms with van der Waals surface area (Å²) in [5, 5.41) is 11.1. The zero-order chi connectivity index (χ0) is 18.5. The van der Waals surface area contributed by atoms with Gasteiger partial charge in [-0.3, -0.25) is 4.98 Å². The predicted octanol–water partition coefficient (Wildman–Crippen LogP) is 2.44. The summed E-state index contributed by atoms with van der Waals surface area (Å²) < 4.78 is 5.90. The van der Waals surface area contributed by atoms with Crippen LogP contribution >= 0.6 is 0 Å². The van der Waals surface area contributed by atoms with E-state index in [1.165, 1.54) is 6.21 Å². The Morgan fingerprint density at radius 2 is 2.27 bits per heavy atom. The minimum atomic E-state index is 0.401. The molecule has 3 heterocycles. The lowest BCUT2D eigenvalue weighted by Crippen LogP contribution is -2.27. The van der Waals surface area contributed by atoms with Crippen molar-refractivity contribution in [2.45, 2.75) is 19.4 Å². The first-order valence-electron chi connectivity index (χ1n) is 8.58. The van der Waals surface area contributed by atoms with E-state index < -0.39 is 0 Å². The zero-order valence-corrected chi connectivity index (χ0v) is 15.1. The highest BCUT2D eigenvalue weighted by atomic mass is 16.5. The van der Waals surface area contributed by atoms with E-state index in [0.717, 1.165) is 25.2 Å². The molecule has 0 radical (unpaired) electrons. The highest BCUT2D eigenvalue weighted by molar-refractivity contribution is 6.07. The maximum atomic E-state index is 7.71. The zero-order valence-electron chi connectivity index (χ0n) is 15.1. The molecular weight excluding hydrogens is 328 g/mol. The molecule has 1 aliphatic heterocycles. The lowest BCUT2D eigenvalue weighted by Gasteiger charge is -2.12. The van der Waals surface area contributed by atoms with Gasteiger partial charge in [0.1, 0.15) is 17.3 Å². The van der Waals surface area contributed by atoms with Crippen LogP contribution < -0.4 is 15.8 Å². The molecule has 0 amide bonds. The summed E-state index contributed by atoms with van der Waals surface area (Å²) in [5.74, 6) is 1.74. The molecule has 2 aromatic rings. The second-order valence-electron chi connectivity index (χ2n) is 6.46. The molecule has 3 rings (SSSR count). The SMILES string of the molecule is Cc1nc(N)ccc1Oc1ccnc(/C(C=N)=C/NC2CCN(C)C2)c1. The first-order chi connectivity index (χ1) is 12.5. The van der Waals surface area contributed by atoms with Gasteiger partial charge < -0.3 is 26.1 Å². The first kappa shape index (κ1) is 17.9. The Bertz CT molecular complexity index is 819. The molecule has 2 aromatic heterocycles. The number of ether oxygens (including phenoxy) is 1. The van der Waals surface area contributed by atoms with Crippen LogP contribution in [0.1, 0.15) is 17.8 Å². The number of aryl methyl sites for hydroxylation is 1. The number of nitrogen functional groups attached to an aromatic ring is 1. The summed E-state index contributed by atoms with van der Waals surface area (Å²) in [6.45, 7) is 3.93. The van der Waals surface area contributed by atoms with E-state index in [9.17, 15) is 0 Å². The fourth-order valence-electron chi connectivity index (χ4n) is 2.90. The average molecular weight is 352 g/mol. The minimum Gasteiger partial charge on any atom is -0.455 e. The van der Waals surface area contributed by atoms with E-state index >= 15 is 0 Å². The van der Waals surface area contributed by atoms with Gasteiger partial charge in [-0.25, -0.2) is 4.98 Å². The van der Waals surface area contributed by atoms with Gasteiger partial charge in [-0.2, -0.15) is 0 Å². The number of pyridine rings is 2. The Balaban J connectivity index is 1.75. The Morgan fingerprint density at radius 1 is 1.42 bits per heavy atom. The average Bonchev–Trinajstić information content (AvgIpc) is 3.04. The van der Waals surface area contributed by atoms with Crippen molar-refractivity contribution in [1.29, 1.82) is 5.41 Å². The standard InChI is InChI=1S/C19H24N6O/c1-13-18(3-4-19(21)24-13)26-16-5-7-22-17(9-16)14(10-20)11-23-15-6-8-25(2)12-15/h3-5,7,9-11,15,20,23H,6,8,12H2,1-2H3,(H2,21,24)/b14-11+,20-10?. The summed E-state index contributed by atoms with van der Waals surface area (Å²) in [7, 11) is 2.11. The highest BCUT2D eigenvalue weighted by Gasteiger charge is 2.18. The van der Waals surface area contributed by atoms with E-state index in [-0.39, 0.29) is 0 Å². The summed E-state index contributed by atoms with van der Waals surface area (Å²) in [6.07, 6.45) is 5.93. The van der Waals surface area contributed by atoms with Crippen LogP contribution in [0.5, 0.6) is 11.5 Å². The van der Waals surface area contributed by atoms with Gasteiger partial charge >= 0.3 is 0 Å². The van der Waals surface area contributed by atoms with Gasteiger partial charge in [-0.15, -0.1) is 0 Å². The smallest absolute Gasteiger partial charge is 0.148 e. The van der Waals surface area contributed by atoms with Gasteiger partial charge in [-0.05, 0) is 45.1 Å². The molecule has 7 nitrogen and oxygen atoms in total. The van der Waals surface area contributed by atoms with Crippen molar-refractivity contribution in [2.75, 3.05) is 25.9 Å². The highest BCUT2D eigenvalue weighted by Crippen LogP contribution is 2.26. The van der Waals surface area contributed by atoms with Crippen molar-refractivity contribution in [3.8, 4) is 11.5 Å². The van der Waals surface area contributed by atoms with Crippen molar-refractivity contribution in [2.24, 2.45) is 0 Å². The van der Waals surface area contributed by atoms with Crippen LogP contribution in [-0.2, 0) is 0 Å². The van der Waals surface area contributed by atoms with Gasteiger partial charge in [0, 0.05) is 42.8 Å². The monoisotopic (exact) mass is 352 g/mol. The molecule has 0 aliphatic carbocycles. The van der Waals surface area contributed by atoms with Crippen LogP contribution in [-0.4, -0.2) is 47.3 Å². The molecule has 1 aliphatic rings. The third-order valence-corrected chi connectivity index (χ3v) is 4.34. The molecule has 4 N–H and O–H groups in total. The largest absolute Gasteiger partial charge is 0.455 e. The fraction of sp³-hybridized carbons (Fsp3) is 0.316. The Labute approximate surface area is 153 Å².